The van der Waals surface area contributed by atoms with E-state index in [4.69, 9.17) is 5.11 Å². The molecule has 1 amide bonds. The number of nitrogens with one attached hydrogen (secondary N) is 1. The SMILES string of the molecule is O=C(CCNC(=O)O)CCN1c2ccccc2N(c2ccccc2)S1(O)O. The number of hydrogen-bond acceptors (Lipinski definition) is 6. The van der Waals surface area contributed by atoms with Gasteiger partial charge < -0.3 is 10.4 Å². The van der Waals surface area contributed by atoms with E-state index in [0.717, 1.165) is 0 Å². The van der Waals surface area contributed by atoms with Crippen LogP contribution >= 0.6 is 11.0 Å². The lowest BCUT2D eigenvalue weighted by atomic mass is 10.2. The molecule has 0 unspecified atom stereocenters. The van der Waals surface area contributed by atoms with Crippen molar-refractivity contribution in [3.8, 4) is 0 Å². The van der Waals surface area contributed by atoms with Crippen molar-refractivity contribution in [2.45, 2.75) is 12.8 Å². The van der Waals surface area contributed by atoms with Crippen LogP contribution in [0.4, 0.5) is 21.9 Å². The lowest BCUT2D eigenvalue weighted by molar-refractivity contribution is -0.118. The Kier molecular flexibility index (Phi) is 5.54. The average molecular weight is 391 g/mol. The van der Waals surface area contributed by atoms with Crippen LogP contribution in [0.1, 0.15) is 12.8 Å². The van der Waals surface area contributed by atoms with E-state index in [1.807, 2.05) is 24.3 Å². The van der Waals surface area contributed by atoms with Gasteiger partial charge in [-0.05, 0) is 35.2 Å². The number of carbonyl (C=O) groups excluding carboxylic acids is 1. The highest BCUT2D eigenvalue weighted by Gasteiger charge is 2.41. The second kappa shape index (κ2) is 7.87. The third-order valence-electron chi connectivity index (χ3n) is 4.17. The zero-order valence-electron chi connectivity index (χ0n) is 14.5. The molecule has 0 spiro atoms. The summed E-state index contributed by atoms with van der Waals surface area (Å²) >= 11 is 0. The second-order valence-corrected chi connectivity index (χ2v) is 7.77. The first-order chi connectivity index (χ1) is 12.9. The van der Waals surface area contributed by atoms with Gasteiger partial charge in [0.15, 0.2) is 0 Å². The number of Topliss-reactive ketones (excluding diaryl/α,β-unsaturated/α-hetero) is 1. The Hall–Kier alpha value is -2.75. The van der Waals surface area contributed by atoms with E-state index >= 15 is 0 Å². The van der Waals surface area contributed by atoms with Crippen LogP contribution in [0.2, 0.25) is 0 Å². The van der Waals surface area contributed by atoms with Crippen molar-refractivity contribution in [3.63, 3.8) is 0 Å². The van der Waals surface area contributed by atoms with Gasteiger partial charge in [-0.25, -0.2) is 9.10 Å². The van der Waals surface area contributed by atoms with Crippen LogP contribution in [0.25, 0.3) is 0 Å². The standard InChI is InChI=1S/C18H21N3O5S/c22-15(10-12-19-18(23)24)11-13-20-16-8-4-5-9-17(16)21(27(20,25)26)14-6-2-1-3-7-14/h1-9,19,25-26H,10-13H2,(H,23,24). The number of nitrogens with zero attached hydrogens (tertiary/aromatic N) is 2. The van der Waals surface area contributed by atoms with Crippen LogP contribution in [0.3, 0.4) is 0 Å². The maximum atomic E-state index is 12.0. The van der Waals surface area contributed by atoms with Gasteiger partial charge in [-0.3, -0.25) is 18.2 Å². The molecule has 8 nitrogen and oxygen atoms in total. The van der Waals surface area contributed by atoms with Crippen molar-refractivity contribution < 1.29 is 23.8 Å². The molecule has 1 heterocycles. The van der Waals surface area contributed by atoms with E-state index in [0.29, 0.717) is 17.1 Å². The number of fused-ring (bicyclic) bond motifs is 1. The Morgan fingerprint density at radius 1 is 0.926 bits per heavy atom. The molecule has 0 saturated heterocycles. The monoisotopic (exact) mass is 391 g/mol. The normalized spacial score (nSPS) is 15.9. The highest BCUT2D eigenvalue weighted by molar-refractivity contribution is 8.27. The van der Waals surface area contributed by atoms with Crippen molar-refractivity contribution in [2.24, 2.45) is 0 Å². The van der Waals surface area contributed by atoms with Gasteiger partial charge >= 0.3 is 6.09 Å². The predicted octanol–water partition coefficient (Wildman–Crippen LogP) is 3.84. The van der Waals surface area contributed by atoms with E-state index in [1.54, 1.807) is 30.3 Å². The number of amides is 1. The summed E-state index contributed by atoms with van der Waals surface area (Å²) in [4.78, 5) is 22.5. The molecule has 0 fully saturated rings. The predicted molar refractivity (Wildman–Crippen MR) is 105 cm³/mol. The first-order valence-electron chi connectivity index (χ1n) is 8.40. The minimum Gasteiger partial charge on any atom is -0.465 e. The van der Waals surface area contributed by atoms with Crippen LogP contribution in [0.5, 0.6) is 0 Å². The number of ketones is 1. The third kappa shape index (κ3) is 4.00. The molecule has 4 N–H and O–H groups in total. The van der Waals surface area contributed by atoms with E-state index in [9.17, 15) is 18.7 Å². The van der Waals surface area contributed by atoms with E-state index in [1.165, 1.54) is 8.61 Å². The fraction of sp³-hybridized carbons (Fsp3) is 0.222. The minimum absolute atomic E-state index is 0.0388. The molecular weight excluding hydrogens is 370 g/mol. The molecule has 0 radical (unpaired) electrons. The molecular formula is C18H21N3O5S. The zero-order chi connectivity index (χ0) is 19.4. The molecule has 27 heavy (non-hydrogen) atoms. The van der Waals surface area contributed by atoms with Crippen molar-refractivity contribution in [1.82, 2.24) is 5.32 Å². The van der Waals surface area contributed by atoms with Crippen molar-refractivity contribution in [1.29, 1.82) is 0 Å². The minimum atomic E-state index is -3.36. The highest BCUT2D eigenvalue weighted by atomic mass is 32.3. The summed E-state index contributed by atoms with van der Waals surface area (Å²) in [6, 6.07) is 16.3. The maximum Gasteiger partial charge on any atom is 0.404 e. The summed E-state index contributed by atoms with van der Waals surface area (Å²) in [5.41, 5.74) is 1.94. The van der Waals surface area contributed by atoms with Crippen LogP contribution < -0.4 is 13.9 Å². The van der Waals surface area contributed by atoms with E-state index in [-0.39, 0.29) is 31.7 Å². The number of anilines is 3. The molecule has 0 atom stereocenters. The summed E-state index contributed by atoms with van der Waals surface area (Å²) in [5.74, 6) is -0.158. The number of carboxylic acid groups (broad SMARTS) is 1. The summed E-state index contributed by atoms with van der Waals surface area (Å²) in [6.45, 7) is 0.158. The quantitative estimate of drug-likeness (QED) is 0.567. The third-order valence-corrected chi connectivity index (χ3v) is 6.04. The first kappa shape index (κ1) is 19.0. The second-order valence-electron chi connectivity index (χ2n) is 5.98. The summed E-state index contributed by atoms with van der Waals surface area (Å²) in [7, 11) is -3.36. The molecule has 1 aliphatic rings. The molecule has 2 aromatic carbocycles. The van der Waals surface area contributed by atoms with Gasteiger partial charge in [-0.15, -0.1) is 0 Å². The molecule has 0 saturated carbocycles. The van der Waals surface area contributed by atoms with Gasteiger partial charge in [0.25, 0.3) is 0 Å². The van der Waals surface area contributed by atoms with E-state index < -0.39 is 17.1 Å². The number of para-hydroxylation sites is 3. The van der Waals surface area contributed by atoms with Gasteiger partial charge in [0.1, 0.15) is 5.78 Å². The lowest BCUT2D eigenvalue weighted by Crippen LogP contribution is -2.33. The molecule has 0 bridgehead atoms. The molecule has 144 valence electrons. The fourth-order valence-corrected chi connectivity index (χ4v) is 4.73. The largest absolute Gasteiger partial charge is 0.465 e. The number of benzene rings is 2. The molecule has 0 aliphatic carbocycles. The fourth-order valence-electron chi connectivity index (χ4n) is 2.96. The van der Waals surface area contributed by atoms with E-state index in [2.05, 4.69) is 5.32 Å². The van der Waals surface area contributed by atoms with Crippen molar-refractivity contribution in [2.75, 3.05) is 21.7 Å². The zero-order valence-corrected chi connectivity index (χ0v) is 15.3. The van der Waals surface area contributed by atoms with Crippen LogP contribution in [0, 0.1) is 0 Å². The summed E-state index contributed by atoms with van der Waals surface area (Å²) in [5, 5.41) is 10.7. The topological polar surface area (TPSA) is 113 Å². The molecule has 9 heteroatoms. The van der Waals surface area contributed by atoms with Gasteiger partial charge in [0.2, 0.25) is 0 Å². The Balaban J connectivity index is 1.78. The Morgan fingerprint density at radius 3 is 2.22 bits per heavy atom. The van der Waals surface area contributed by atoms with Crippen molar-refractivity contribution in [3.05, 3.63) is 54.6 Å². The maximum absolute atomic E-state index is 12.0. The molecule has 0 aromatic heterocycles. The first-order valence-corrected chi connectivity index (χ1v) is 9.86. The van der Waals surface area contributed by atoms with Crippen LogP contribution in [-0.4, -0.2) is 39.2 Å². The Morgan fingerprint density at radius 2 is 1.56 bits per heavy atom. The van der Waals surface area contributed by atoms with Gasteiger partial charge in [0.05, 0.1) is 17.1 Å². The van der Waals surface area contributed by atoms with Gasteiger partial charge in [-0.1, -0.05) is 30.3 Å². The summed E-state index contributed by atoms with van der Waals surface area (Å²) in [6.07, 6.45) is -1.04. The molecule has 3 rings (SSSR count). The number of carbonyl (C=O) groups is 2. The van der Waals surface area contributed by atoms with Gasteiger partial charge in [-0.2, -0.15) is 0 Å². The van der Waals surface area contributed by atoms with Crippen LogP contribution in [-0.2, 0) is 4.79 Å². The molecule has 1 aliphatic heterocycles. The van der Waals surface area contributed by atoms with Crippen LogP contribution in [0.15, 0.2) is 54.6 Å². The Labute approximate surface area is 158 Å². The molecule has 2 aromatic rings. The number of rotatable bonds is 7. The smallest absolute Gasteiger partial charge is 0.404 e. The Bertz CT molecular complexity index is 831. The average Bonchev–Trinajstić information content (AvgIpc) is 2.86. The highest BCUT2D eigenvalue weighted by Crippen LogP contribution is 2.63. The van der Waals surface area contributed by atoms with Gasteiger partial charge in [0, 0.05) is 25.9 Å². The summed E-state index contributed by atoms with van der Waals surface area (Å²) < 4.78 is 24.8. The number of hydrogen-bond donors (Lipinski definition) is 4. The van der Waals surface area contributed by atoms with Crippen molar-refractivity contribution >= 4 is 39.9 Å². The lowest BCUT2D eigenvalue weighted by Gasteiger charge is -2.43.